The van der Waals surface area contributed by atoms with E-state index in [2.05, 4.69) is 0 Å². The summed E-state index contributed by atoms with van der Waals surface area (Å²) in [4.78, 5) is 26.0. The van der Waals surface area contributed by atoms with Gasteiger partial charge in [-0.15, -0.1) is 0 Å². The van der Waals surface area contributed by atoms with Crippen LogP contribution in [0.2, 0.25) is 0 Å². The van der Waals surface area contributed by atoms with E-state index in [4.69, 9.17) is 4.74 Å². The van der Waals surface area contributed by atoms with Crippen molar-refractivity contribution in [2.45, 2.75) is 18.7 Å². The molecule has 0 N–H and O–H groups in total. The van der Waals surface area contributed by atoms with E-state index in [1.54, 1.807) is 25.1 Å². The highest BCUT2D eigenvalue weighted by Crippen LogP contribution is 2.22. The summed E-state index contributed by atoms with van der Waals surface area (Å²) >= 11 is 0. The van der Waals surface area contributed by atoms with Crippen LogP contribution in [0, 0.1) is 13.8 Å². The van der Waals surface area contributed by atoms with E-state index in [0.717, 1.165) is 11.1 Å². The largest absolute Gasteiger partial charge is 0.452 e. The van der Waals surface area contributed by atoms with E-state index in [1.807, 2.05) is 43.3 Å². The van der Waals surface area contributed by atoms with Crippen molar-refractivity contribution in [3.63, 3.8) is 0 Å². The number of hydrogen-bond acceptors (Lipinski definition) is 5. The topological polar surface area (TPSA) is 84.0 Å². The van der Waals surface area contributed by atoms with Gasteiger partial charge in [0.2, 0.25) is 10.0 Å². The van der Waals surface area contributed by atoms with Crippen LogP contribution >= 0.6 is 0 Å². The maximum Gasteiger partial charge on any atom is 0.331 e. The standard InChI is InChI=1S/C23H26N2O5S/c1-18-8-10-21(19(2)16-18)31(28,29)25-14-12-24(13-15-25)22(26)17-30-23(27)11-9-20-6-4-3-5-7-20/h3-11,16H,12-15,17H2,1-2H3/b11-9+. The molecule has 3 rings (SSSR count). The second-order valence-electron chi connectivity index (χ2n) is 7.41. The van der Waals surface area contributed by atoms with Gasteiger partial charge >= 0.3 is 5.97 Å². The Kier molecular flexibility index (Phi) is 7.25. The highest BCUT2D eigenvalue weighted by Gasteiger charge is 2.31. The monoisotopic (exact) mass is 442 g/mol. The number of benzene rings is 2. The van der Waals surface area contributed by atoms with Crippen molar-refractivity contribution < 1.29 is 22.7 Å². The van der Waals surface area contributed by atoms with Gasteiger partial charge in [-0.05, 0) is 37.1 Å². The average Bonchev–Trinajstić information content (AvgIpc) is 2.76. The molecule has 31 heavy (non-hydrogen) atoms. The average molecular weight is 443 g/mol. The summed E-state index contributed by atoms with van der Waals surface area (Å²) in [5, 5.41) is 0. The predicted molar refractivity (Wildman–Crippen MR) is 118 cm³/mol. The van der Waals surface area contributed by atoms with Gasteiger partial charge in [-0.3, -0.25) is 4.79 Å². The molecule has 7 nitrogen and oxygen atoms in total. The van der Waals surface area contributed by atoms with Gasteiger partial charge in [0.15, 0.2) is 6.61 Å². The van der Waals surface area contributed by atoms with Crippen molar-refractivity contribution in [3.8, 4) is 0 Å². The minimum absolute atomic E-state index is 0.198. The Morgan fingerprint density at radius 3 is 2.32 bits per heavy atom. The van der Waals surface area contributed by atoms with Gasteiger partial charge in [0, 0.05) is 32.3 Å². The first-order valence-corrected chi connectivity index (χ1v) is 11.5. The number of nitrogens with zero attached hydrogens (tertiary/aromatic N) is 2. The number of hydrogen-bond donors (Lipinski definition) is 0. The highest BCUT2D eigenvalue weighted by atomic mass is 32.2. The molecule has 2 aromatic carbocycles. The number of carbonyl (C=O) groups is 2. The quantitative estimate of drug-likeness (QED) is 0.507. The zero-order valence-electron chi connectivity index (χ0n) is 17.7. The first-order chi connectivity index (χ1) is 14.8. The molecule has 0 aliphatic carbocycles. The third-order valence-electron chi connectivity index (χ3n) is 5.09. The molecule has 1 fully saturated rings. The Balaban J connectivity index is 1.50. The number of ether oxygens (including phenoxy) is 1. The lowest BCUT2D eigenvalue weighted by atomic mass is 10.2. The van der Waals surface area contributed by atoms with Crippen LogP contribution in [-0.2, 0) is 24.3 Å². The zero-order valence-corrected chi connectivity index (χ0v) is 18.5. The number of sulfonamides is 1. The van der Waals surface area contributed by atoms with Gasteiger partial charge in [0.1, 0.15) is 0 Å². The normalized spacial score (nSPS) is 15.2. The molecule has 0 atom stereocenters. The second-order valence-corrected chi connectivity index (χ2v) is 9.31. The summed E-state index contributed by atoms with van der Waals surface area (Å²) in [6.45, 7) is 4.22. The first kappa shape index (κ1) is 22.7. The molecule has 1 aliphatic heterocycles. The summed E-state index contributed by atoms with van der Waals surface area (Å²) in [7, 11) is -3.62. The molecule has 0 spiro atoms. The zero-order chi connectivity index (χ0) is 22.4. The SMILES string of the molecule is Cc1ccc(S(=O)(=O)N2CCN(C(=O)COC(=O)/C=C/c3ccccc3)CC2)c(C)c1. The van der Waals surface area contributed by atoms with Gasteiger partial charge in [-0.25, -0.2) is 13.2 Å². The van der Waals surface area contributed by atoms with E-state index >= 15 is 0 Å². The Labute approximate surface area is 183 Å². The summed E-state index contributed by atoms with van der Waals surface area (Å²) in [5.74, 6) is -0.946. The van der Waals surface area contributed by atoms with Crippen LogP contribution in [0.25, 0.3) is 6.08 Å². The van der Waals surface area contributed by atoms with Crippen LogP contribution in [0.3, 0.4) is 0 Å². The van der Waals surface area contributed by atoms with Crippen molar-refractivity contribution in [3.05, 3.63) is 71.3 Å². The first-order valence-electron chi connectivity index (χ1n) is 10.0. The van der Waals surface area contributed by atoms with Crippen LogP contribution in [0.15, 0.2) is 59.5 Å². The van der Waals surface area contributed by atoms with Crippen LogP contribution in [0.4, 0.5) is 0 Å². The van der Waals surface area contributed by atoms with Crippen LogP contribution in [0.5, 0.6) is 0 Å². The number of piperazine rings is 1. The Morgan fingerprint density at radius 2 is 1.68 bits per heavy atom. The maximum atomic E-state index is 12.9. The lowest BCUT2D eigenvalue weighted by molar-refractivity contribution is -0.148. The minimum atomic E-state index is -3.62. The van der Waals surface area contributed by atoms with Crippen LogP contribution < -0.4 is 0 Å². The fourth-order valence-corrected chi connectivity index (χ4v) is 5.03. The smallest absolute Gasteiger partial charge is 0.331 e. The molecule has 1 heterocycles. The summed E-state index contributed by atoms with van der Waals surface area (Å²) < 4.78 is 32.3. The van der Waals surface area contributed by atoms with Crippen molar-refractivity contribution in [2.75, 3.05) is 32.8 Å². The third-order valence-corrected chi connectivity index (χ3v) is 7.15. The number of esters is 1. The van der Waals surface area contributed by atoms with Crippen molar-refractivity contribution in [1.82, 2.24) is 9.21 Å². The molecule has 0 aromatic heterocycles. The number of rotatable bonds is 6. The molecule has 8 heteroatoms. The van der Waals surface area contributed by atoms with Crippen LogP contribution in [0.1, 0.15) is 16.7 Å². The maximum absolute atomic E-state index is 12.9. The van der Waals surface area contributed by atoms with Crippen molar-refractivity contribution >= 4 is 28.0 Å². The number of amides is 1. The van der Waals surface area contributed by atoms with Gasteiger partial charge in [-0.2, -0.15) is 4.31 Å². The molecule has 164 valence electrons. The van der Waals surface area contributed by atoms with Crippen molar-refractivity contribution in [1.29, 1.82) is 0 Å². The predicted octanol–water partition coefficient (Wildman–Crippen LogP) is 2.39. The van der Waals surface area contributed by atoms with E-state index < -0.39 is 16.0 Å². The third kappa shape index (κ3) is 5.80. The molecular formula is C23H26N2O5S. The Hall–Kier alpha value is -2.97. The molecule has 1 aliphatic rings. The second kappa shape index (κ2) is 9.89. The Morgan fingerprint density at radius 1 is 1.00 bits per heavy atom. The van der Waals surface area contributed by atoms with E-state index in [-0.39, 0.29) is 43.6 Å². The number of aryl methyl sites for hydroxylation is 2. The van der Waals surface area contributed by atoms with E-state index in [0.29, 0.717) is 5.56 Å². The van der Waals surface area contributed by atoms with E-state index in [9.17, 15) is 18.0 Å². The molecule has 2 aromatic rings. The van der Waals surface area contributed by atoms with Crippen molar-refractivity contribution in [2.24, 2.45) is 0 Å². The van der Waals surface area contributed by atoms with Gasteiger partial charge in [-0.1, -0.05) is 48.0 Å². The lowest BCUT2D eigenvalue weighted by Gasteiger charge is -2.34. The summed E-state index contributed by atoms with van der Waals surface area (Å²) in [5.41, 5.74) is 2.56. The highest BCUT2D eigenvalue weighted by molar-refractivity contribution is 7.89. The van der Waals surface area contributed by atoms with E-state index in [1.165, 1.54) is 15.3 Å². The Bertz CT molecular complexity index is 1070. The molecule has 0 radical (unpaired) electrons. The van der Waals surface area contributed by atoms with Gasteiger partial charge in [0.25, 0.3) is 5.91 Å². The molecular weight excluding hydrogens is 416 g/mol. The molecule has 1 saturated heterocycles. The molecule has 0 saturated carbocycles. The molecule has 0 unspecified atom stereocenters. The number of carbonyl (C=O) groups excluding carboxylic acids is 2. The molecule has 1 amide bonds. The lowest BCUT2D eigenvalue weighted by Crippen LogP contribution is -2.51. The fraction of sp³-hybridized carbons (Fsp3) is 0.304. The minimum Gasteiger partial charge on any atom is -0.452 e. The molecule has 0 bridgehead atoms. The summed E-state index contributed by atoms with van der Waals surface area (Å²) in [6, 6.07) is 14.5. The van der Waals surface area contributed by atoms with Crippen LogP contribution in [-0.4, -0.2) is 62.3 Å². The van der Waals surface area contributed by atoms with Gasteiger partial charge in [0.05, 0.1) is 4.90 Å². The van der Waals surface area contributed by atoms with Gasteiger partial charge < -0.3 is 9.64 Å². The fourth-order valence-electron chi connectivity index (χ4n) is 3.41. The summed E-state index contributed by atoms with van der Waals surface area (Å²) in [6.07, 6.45) is 2.89.